The number of methoxy groups -OCH3 is 1. The largest absolute Gasteiger partial charge is 0.462 e. The molecule has 0 bridgehead atoms. The maximum atomic E-state index is 11.8. The number of anilines is 1. The number of benzene rings is 1. The summed E-state index contributed by atoms with van der Waals surface area (Å²) in [7, 11) is -2.22. The lowest BCUT2D eigenvalue weighted by atomic mass is 10.2. The summed E-state index contributed by atoms with van der Waals surface area (Å²) in [6, 6.07) is 4.45. The van der Waals surface area contributed by atoms with Crippen molar-refractivity contribution in [1.29, 1.82) is 0 Å². The summed E-state index contributed by atoms with van der Waals surface area (Å²) in [6.07, 6.45) is 0. The smallest absolute Gasteiger partial charge is 0.338 e. The number of hydrogen-bond donors (Lipinski definition) is 2. The van der Waals surface area contributed by atoms with Crippen LogP contribution >= 0.6 is 15.9 Å². The lowest BCUT2D eigenvalue weighted by Gasteiger charge is -2.11. The Morgan fingerprint density at radius 1 is 1.38 bits per heavy atom. The maximum Gasteiger partial charge on any atom is 0.338 e. The number of esters is 1. The van der Waals surface area contributed by atoms with Gasteiger partial charge in [0.2, 0.25) is 0 Å². The van der Waals surface area contributed by atoms with Crippen molar-refractivity contribution in [1.82, 2.24) is 4.72 Å². The van der Waals surface area contributed by atoms with Crippen LogP contribution in [0.15, 0.2) is 22.7 Å². The van der Waals surface area contributed by atoms with Crippen molar-refractivity contribution < 1.29 is 22.7 Å². The van der Waals surface area contributed by atoms with Gasteiger partial charge < -0.3 is 9.47 Å². The minimum atomic E-state index is -3.70. The fourth-order valence-electron chi connectivity index (χ4n) is 1.40. The predicted molar refractivity (Wildman–Crippen MR) is 82.5 cm³/mol. The van der Waals surface area contributed by atoms with E-state index in [1.54, 1.807) is 6.92 Å². The SMILES string of the molecule is CCOC(=O)c1ccc(NS(=O)(=O)NCCOC)c(Br)c1. The van der Waals surface area contributed by atoms with Crippen molar-refractivity contribution in [3.63, 3.8) is 0 Å². The maximum absolute atomic E-state index is 11.8. The van der Waals surface area contributed by atoms with Gasteiger partial charge in [-0.15, -0.1) is 0 Å². The molecule has 0 fully saturated rings. The first-order chi connectivity index (χ1) is 9.89. The Hall–Kier alpha value is -1.16. The van der Waals surface area contributed by atoms with E-state index >= 15 is 0 Å². The molecule has 0 aliphatic carbocycles. The molecular formula is C12H17BrN2O5S. The van der Waals surface area contributed by atoms with Gasteiger partial charge in [-0.05, 0) is 41.1 Å². The summed E-state index contributed by atoms with van der Waals surface area (Å²) in [6.45, 7) is 2.41. The third-order valence-electron chi connectivity index (χ3n) is 2.32. The van der Waals surface area contributed by atoms with Crippen molar-refractivity contribution in [2.75, 3.05) is 31.6 Å². The Morgan fingerprint density at radius 2 is 2.10 bits per heavy atom. The molecule has 1 aromatic rings. The zero-order chi connectivity index (χ0) is 15.9. The Bertz CT molecular complexity index is 591. The zero-order valence-electron chi connectivity index (χ0n) is 11.7. The molecule has 2 N–H and O–H groups in total. The molecule has 0 aliphatic heterocycles. The van der Waals surface area contributed by atoms with Gasteiger partial charge in [-0.25, -0.2) is 4.79 Å². The van der Waals surface area contributed by atoms with Gasteiger partial charge in [0.25, 0.3) is 10.2 Å². The number of carbonyl (C=O) groups is 1. The molecule has 9 heteroatoms. The van der Waals surface area contributed by atoms with E-state index in [0.29, 0.717) is 15.7 Å². The quantitative estimate of drug-likeness (QED) is 0.526. The fourth-order valence-corrected chi connectivity index (χ4v) is 2.90. The molecule has 0 radical (unpaired) electrons. The first-order valence-electron chi connectivity index (χ1n) is 6.12. The summed E-state index contributed by atoms with van der Waals surface area (Å²) in [5, 5.41) is 0. The van der Waals surface area contributed by atoms with E-state index in [9.17, 15) is 13.2 Å². The second-order valence-electron chi connectivity index (χ2n) is 3.91. The van der Waals surface area contributed by atoms with Crippen LogP contribution in [0, 0.1) is 0 Å². The van der Waals surface area contributed by atoms with Crippen LogP contribution in [0.1, 0.15) is 17.3 Å². The van der Waals surface area contributed by atoms with Crippen molar-refractivity contribution in [2.45, 2.75) is 6.92 Å². The van der Waals surface area contributed by atoms with E-state index in [4.69, 9.17) is 9.47 Å². The Labute approximate surface area is 132 Å². The monoisotopic (exact) mass is 380 g/mol. The molecule has 118 valence electrons. The third-order valence-corrected chi connectivity index (χ3v) is 4.05. The van der Waals surface area contributed by atoms with Crippen LogP contribution in [0.2, 0.25) is 0 Å². The van der Waals surface area contributed by atoms with Gasteiger partial charge in [0, 0.05) is 18.1 Å². The van der Waals surface area contributed by atoms with Crippen LogP contribution in [0.4, 0.5) is 5.69 Å². The number of halogens is 1. The number of ether oxygens (including phenoxy) is 2. The molecule has 0 amide bonds. The number of rotatable bonds is 8. The molecule has 7 nitrogen and oxygen atoms in total. The van der Waals surface area contributed by atoms with Crippen LogP contribution in [-0.4, -0.2) is 41.3 Å². The first kappa shape index (κ1) is 17.9. The topological polar surface area (TPSA) is 93.7 Å². The van der Waals surface area contributed by atoms with Gasteiger partial charge >= 0.3 is 5.97 Å². The Balaban J connectivity index is 2.79. The summed E-state index contributed by atoms with van der Waals surface area (Å²) in [5.74, 6) is -0.467. The predicted octanol–water partition coefficient (Wildman–Crippen LogP) is 1.52. The summed E-state index contributed by atoms with van der Waals surface area (Å²) >= 11 is 3.21. The van der Waals surface area contributed by atoms with Gasteiger partial charge in [-0.3, -0.25) is 4.72 Å². The van der Waals surface area contributed by atoms with Crippen LogP contribution in [0.3, 0.4) is 0 Å². The van der Waals surface area contributed by atoms with Crippen molar-refractivity contribution in [2.24, 2.45) is 0 Å². The number of hydrogen-bond acceptors (Lipinski definition) is 5. The lowest BCUT2D eigenvalue weighted by molar-refractivity contribution is 0.0526. The lowest BCUT2D eigenvalue weighted by Crippen LogP contribution is -2.32. The normalized spacial score (nSPS) is 11.2. The van der Waals surface area contributed by atoms with Crippen LogP contribution in [0.5, 0.6) is 0 Å². The Morgan fingerprint density at radius 3 is 2.67 bits per heavy atom. The minimum Gasteiger partial charge on any atom is -0.462 e. The van der Waals surface area contributed by atoms with Gasteiger partial charge in [-0.2, -0.15) is 13.1 Å². The van der Waals surface area contributed by atoms with Gasteiger partial charge in [0.15, 0.2) is 0 Å². The minimum absolute atomic E-state index is 0.157. The molecule has 0 atom stereocenters. The van der Waals surface area contributed by atoms with E-state index in [1.165, 1.54) is 25.3 Å². The molecular weight excluding hydrogens is 364 g/mol. The van der Waals surface area contributed by atoms with Gasteiger partial charge in [-0.1, -0.05) is 0 Å². The van der Waals surface area contributed by atoms with E-state index < -0.39 is 16.2 Å². The van der Waals surface area contributed by atoms with Crippen LogP contribution in [0.25, 0.3) is 0 Å². The van der Waals surface area contributed by atoms with Crippen molar-refractivity contribution in [3.8, 4) is 0 Å². The zero-order valence-corrected chi connectivity index (χ0v) is 14.1. The van der Waals surface area contributed by atoms with Crippen molar-refractivity contribution >= 4 is 37.8 Å². The summed E-state index contributed by atoms with van der Waals surface area (Å²) < 4.78 is 38.2. The Kier molecular flexibility index (Phi) is 7.09. The molecule has 1 rings (SSSR count). The van der Waals surface area contributed by atoms with Crippen molar-refractivity contribution in [3.05, 3.63) is 28.2 Å². The molecule has 0 aromatic heterocycles. The number of carbonyl (C=O) groups excluding carboxylic acids is 1. The van der Waals surface area contributed by atoms with E-state index in [1.807, 2.05) is 0 Å². The second kappa shape index (κ2) is 8.32. The molecule has 0 saturated carbocycles. The molecule has 0 aliphatic rings. The first-order valence-corrected chi connectivity index (χ1v) is 8.40. The fraction of sp³-hybridized carbons (Fsp3) is 0.417. The summed E-state index contributed by atoms with van der Waals surface area (Å²) in [4.78, 5) is 11.6. The highest BCUT2D eigenvalue weighted by molar-refractivity contribution is 9.10. The average Bonchev–Trinajstić information content (AvgIpc) is 2.41. The summed E-state index contributed by atoms with van der Waals surface area (Å²) in [5.41, 5.74) is 0.645. The average molecular weight is 381 g/mol. The van der Waals surface area contributed by atoms with Gasteiger partial charge in [0.1, 0.15) is 0 Å². The highest BCUT2D eigenvalue weighted by Crippen LogP contribution is 2.24. The van der Waals surface area contributed by atoms with E-state index in [2.05, 4.69) is 25.4 Å². The third kappa shape index (κ3) is 6.00. The number of nitrogens with one attached hydrogen (secondary N) is 2. The molecule has 0 saturated heterocycles. The van der Waals surface area contributed by atoms with Gasteiger partial charge in [0.05, 0.1) is 24.5 Å². The standard InChI is InChI=1S/C12H17BrN2O5S/c1-3-20-12(16)9-4-5-11(10(13)8-9)15-21(17,18)14-6-7-19-2/h4-5,8,14-15H,3,6-7H2,1-2H3. The molecule has 0 unspecified atom stereocenters. The highest BCUT2D eigenvalue weighted by Gasteiger charge is 2.14. The highest BCUT2D eigenvalue weighted by atomic mass is 79.9. The molecule has 1 aromatic carbocycles. The van der Waals surface area contributed by atoms with E-state index in [0.717, 1.165) is 0 Å². The van der Waals surface area contributed by atoms with Crippen LogP contribution in [-0.2, 0) is 19.7 Å². The van der Waals surface area contributed by atoms with Crippen LogP contribution < -0.4 is 9.44 Å². The molecule has 21 heavy (non-hydrogen) atoms. The molecule has 0 spiro atoms. The van der Waals surface area contributed by atoms with E-state index in [-0.39, 0.29) is 19.8 Å². The molecule has 0 heterocycles. The second-order valence-corrected chi connectivity index (χ2v) is 6.26.